The normalized spacial score (nSPS) is 11.8. The van der Waals surface area contributed by atoms with Gasteiger partial charge in [0.2, 0.25) is 0 Å². The van der Waals surface area contributed by atoms with E-state index in [0.717, 1.165) is 28.8 Å². The van der Waals surface area contributed by atoms with Gasteiger partial charge in [-0.05, 0) is 34.9 Å². The third-order valence-corrected chi connectivity index (χ3v) is 5.46. The van der Waals surface area contributed by atoms with Gasteiger partial charge in [-0.15, -0.1) is 0 Å². The molecular formula is C28H22F3NO. The summed E-state index contributed by atoms with van der Waals surface area (Å²) in [6.07, 6.45) is -3.39. The van der Waals surface area contributed by atoms with Crippen molar-refractivity contribution in [2.24, 2.45) is 0 Å². The van der Waals surface area contributed by atoms with Crippen molar-refractivity contribution >= 4 is 6.08 Å². The molecule has 0 saturated heterocycles. The van der Waals surface area contributed by atoms with E-state index < -0.39 is 17.3 Å². The van der Waals surface area contributed by atoms with Crippen LogP contribution in [0.2, 0.25) is 0 Å². The van der Waals surface area contributed by atoms with Crippen LogP contribution in [-0.2, 0) is 23.1 Å². The van der Waals surface area contributed by atoms with E-state index in [0.29, 0.717) is 5.69 Å². The molecule has 0 spiro atoms. The molecule has 0 saturated carbocycles. The number of hydrogen-bond acceptors (Lipinski definition) is 2. The van der Waals surface area contributed by atoms with Crippen molar-refractivity contribution < 1.29 is 17.9 Å². The van der Waals surface area contributed by atoms with E-state index in [1.807, 2.05) is 91.0 Å². The molecule has 0 amide bonds. The Hall–Kier alpha value is -3.70. The molecule has 1 heterocycles. The highest BCUT2D eigenvalue weighted by atomic mass is 19.4. The first-order valence-electron chi connectivity index (χ1n) is 10.5. The van der Waals surface area contributed by atoms with E-state index in [1.165, 1.54) is 6.07 Å². The largest absolute Gasteiger partial charge is 0.418 e. The lowest BCUT2D eigenvalue weighted by Crippen LogP contribution is -2.33. The third-order valence-electron chi connectivity index (χ3n) is 5.46. The van der Waals surface area contributed by atoms with Gasteiger partial charge in [0, 0.05) is 0 Å². The molecule has 0 atom stereocenters. The topological polar surface area (TPSA) is 22.1 Å². The van der Waals surface area contributed by atoms with Gasteiger partial charge in [-0.2, -0.15) is 13.2 Å². The van der Waals surface area contributed by atoms with Crippen LogP contribution in [0.1, 0.15) is 33.6 Å². The van der Waals surface area contributed by atoms with Crippen LogP contribution < -0.4 is 0 Å². The summed E-state index contributed by atoms with van der Waals surface area (Å²) >= 11 is 0. The molecule has 0 bridgehead atoms. The summed E-state index contributed by atoms with van der Waals surface area (Å²) in [6.45, 7) is 3.49. The first-order chi connectivity index (χ1) is 15.9. The summed E-state index contributed by atoms with van der Waals surface area (Å²) in [5.41, 5.74) is 1.07. The molecule has 166 valence electrons. The van der Waals surface area contributed by atoms with Crippen molar-refractivity contribution in [3.05, 3.63) is 143 Å². The molecule has 5 heteroatoms. The first-order valence-corrected chi connectivity index (χ1v) is 10.5. The van der Waals surface area contributed by atoms with Crippen LogP contribution in [0.5, 0.6) is 0 Å². The van der Waals surface area contributed by atoms with E-state index in [2.05, 4.69) is 11.6 Å². The molecular weight excluding hydrogens is 423 g/mol. The molecule has 0 aliphatic heterocycles. The van der Waals surface area contributed by atoms with Crippen LogP contribution in [0.25, 0.3) is 6.08 Å². The molecule has 33 heavy (non-hydrogen) atoms. The van der Waals surface area contributed by atoms with Crippen molar-refractivity contribution in [3.63, 3.8) is 0 Å². The summed E-state index contributed by atoms with van der Waals surface area (Å²) in [7, 11) is 0. The van der Waals surface area contributed by atoms with Crippen LogP contribution >= 0.6 is 0 Å². The van der Waals surface area contributed by atoms with Gasteiger partial charge in [-0.3, -0.25) is 4.98 Å². The maximum absolute atomic E-state index is 13.3. The van der Waals surface area contributed by atoms with Gasteiger partial charge in [-0.25, -0.2) is 0 Å². The summed E-state index contributed by atoms with van der Waals surface area (Å²) < 4.78 is 46.5. The number of hydrogen-bond donors (Lipinski definition) is 0. The molecule has 1 aromatic heterocycles. The van der Waals surface area contributed by atoms with Crippen molar-refractivity contribution in [2.45, 2.75) is 18.4 Å². The molecule has 0 radical (unpaired) electrons. The number of nitrogens with zero attached hydrogens (tertiary/aromatic N) is 1. The molecule has 4 rings (SSSR count). The Balaban J connectivity index is 1.82. The summed E-state index contributed by atoms with van der Waals surface area (Å²) in [6, 6.07) is 31.7. The Morgan fingerprint density at radius 3 is 1.55 bits per heavy atom. The predicted molar refractivity (Wildman–Crippen MR) is 123 cm³/mol. The van der Waals surface area contributed by atoms with E-state index in [4.69, 9.17) is 4.74 Å². The standard InChI is InChI=1S/C28H22F3NO/c1-2-26-25(28(29,30)31)19-18-24(32-26)20-33-27(21-12-6-3-7-13-21,22-14-8-4-9-15-22)23-16-10-5-11-17-23/h2-19H,1,20H2. The summed E-state index contributed by atoms with van der Waals surface area (Å²) in [5, 5.41) is 0. The Morgan fingerprint density at radius 1 is 0.697 bits per heavy atom. The second kappa shape index (κ2) is 9.43. The fourth-order valence-corrected chi connectivity index (χ4v) is 3.94. The van der Waals surface area contributed by atoms with E-state index >= 15 is 0 Å². The fraction of sp³-hybridized carbons (Fsp3) is 0.107. The smallest absolute Gasteiger partial charge is 0.355 e. The van der Waals surface area contributed by atoms with Crippen molar-refractivity contribution in [1.29, 1.82) is 0 Å². The minimum atomic E-state index is -4.50. The highest BCUT2D eigenvalue weighted by Gasteiger charge is 2.38. The average Bonchev–Trinajstić information content (AvgIpc) is 2.85. The number of alkyl halides is 3. The lowest BCUT2D eigenvalue weighted by molar-refractivity contribution is -0.138. The van der Waals surface area contributed by atoms with Crippen LogP contribution in [0.3, 0.4) is 0 Å². The van der Waals surface area contributed by atoms with Crippen LogP contribution in [-0.4, -0.2) is 4.98 Å². The second-order valence-electron chi connectivity index (χ2n) is 7.51. The summed E-state index contributed by atoms with van der Waals surface area (Å²) in [4.78, 5) is 4.18. The lowest BCUT2D eigenvalue weighted by atomic mass is 9.80. The number of aromatic nitrogens is 1. The first kappa shape index (κ1) is 22.5. The average molecular weight is 445 g/mol. The molecule has 0 N–H and O–H groups in total. The predicted octanol–water partition coefficient (Wildman–Crippen LogP) is 7.25. The minimum absolute atomic E-state index is 0.00232. The van der Waals surface area contributed by atoms with Gasteiger partial charge in [-0.1, -0.05) is 97.6 Å². The maximum atomic E-state index is 13.3. The van der Waals surface area contributed by atoms with Gasteiger partial charge < -0.3 is 4.74 Å². The number of halogens is 3. The molecule has 0 fully saturated rings. The Bertz CT molecular complexity index is 1110. The molecule has 0 aliphatic carbocycles. The fourth-order valence-electron chi connectivity index (χ4n) is 3.94. The minimum Gasteiger partial charge on any atom is -0.355 e. The van der Waals surface area contributed by atoms with Crippen molar-refractivity contribution in [3.8, 4) is 0 Å². The SMILES string of the molecule is C=Cc1nc(COC(c2ccccc2)(c2ccccc2)c2ccccc2)ccc1C(F)(F)F. The summed E-state index contributed by atoms with van der Waals surface area (Å²) in [5.74, 6) is 0. The maximum Gasteiger partial charge on any atom is 0.418 e. The van der Waals surface area contributed by atoms with Gasteiger partial charge in [0.1, 0.15) is 5.60 Å². The zero-order chi connectivity index (χ0) is 23.3. The molecule has 4 aromatic rings. The Kier molecular flexibility index (Phi) is 6.43. The molecule has 0 aliphatic rings. The lowest BCUT2D eigenvalue weighted by Gasteiger charge is -2.36. The monoisotopic (exact) mass is 445 g/mol. The van der Waals surface area contributed by atoms with Gasteiger partial charge in [0.05, 0.1) is 23.6 Å². The molecule has 0 unspecified atom stereocenters. The number of rotatable bonds is 7. The van der Waals surface area contributed by atoms with Gasteiger partial charge in [0.25, 0.3) is 0 Å². The quantitative estimate of drug-likeness (QED) is 0.280. The van der Waals surface area contributed by atoms with E-state index in [9.17, 15) is 13.2 Å². The molecule has 3 aromatic carbocycles. The highest BCUT2D eigenvalue weighted by molar-refractivity contribution is 5.49. The Morgan fingerprint density at radius 2 is 1.15 bits per heavy atom. The third kappa shape index (κ3) is 4.59. The van der Waals surface area contributed by atoms with E-state index in [-0.39, 0.29) is 12.3 Å². The van der Waals surface area contributed by atoms with Crippen molar-refractivity contribution in [2.75, 3.05) is 0 Å². The number of ether oxygens (including phenoxy) is 1. The zero-order valence-corrected chi connectivity index (χ0v) is 17.8. The number of benzene rings is 3. The van der Waals surface area contributed by atoms with Crippen molar-refractivity contribution in [1.82, 2.24) is 4.98 Å². The second-order valence-corrected chi connectivity index (χ2v) is 7.51. The van der Waals surface area contributed by atoms with Crippen LogP contribution in [0.15, 0.2) is 110 Å². The van der Waals surface area contributed by atoms with Crippen LogP contribution in [0, 0.1) is 0 Å². The number of pyridine rings is 1. The van der Waals surface area contributed by atoms with Crippen LogP contribution in [0.4, 0.5) is 13.2 Å². The van der Waals surface area contributed by atoms with Gasteiger partial charge in [0.15, 0.2) is 0 Å². The van der Waals surface area contributed by atoms with Gasteiger partial charge >= 0.3 is 6.18 Å². The highest BCUT2D eigenvalue weighted by Crippen LogP contribution is 2.41. The Labute approximate surface area is 191 Å². The molecule has 2 nitrogen and oxygen atoms in total. The van der Waals surface area contributed by atoms with E-state index in [1.54, 1.807) is 0 Å². The zero-order valence-electron chi connectivity index (χ0n) is 17.8.